The Morgan fingerprint density at radius 3 is 2.26 bits per heavy atom. The van der Waals surface area contributed by atoms with Crippen molar-refractivity contribution < 1.29 is 5.21 Å². The van der Waals surface area contributed by atoms with Gasteiger partial charge >= 0.3 is 0 Å². The third-order valence-corrected chi connectivity index (χ3v) is 4.10. The summed E-state index contributed by atoms with van der Waals surface area (Å²) in [5.74, 6) is 0.314. The zero-order valence-corrected chi connectivity index (χ0v) is 13.2. The van der Waals surface area contributed by atoms with Crippen molar-refractivity contribution in [3.8, 4) is 0 Å². The van der Waals surface area contributed by atoms with Crippen LogP contribution in [0.5, 0.6) is 0 Å². The largest absolute Gasteiger partial charge is 0.409 e. The van der Waals surface area contributed by atoms with E-state index in [1.54, 1.807) is 0 Å². The fraction of sp³-hybridized carbons (Fsp3) is 0.933. The summed E-state index contributed by atoms with van der Waals surface area (Å²) in [5.41, 5.74) is 6.39. The van der Waals surface area contributed by atoms with E-state index in [1.807, 2.05) is 0 Å². The minimum Gasteiger partial charge on any atom is -0.409 e. The van der Waals surface area contributed by atoms with Gasteiger partial charge in [-0.3, -0.25) is 0 Å². The van der Waals surface area contributed by atoms with Gasteiger partial charge in [0.05, 0.1) is 0 Å². The Balaban J connectivity index is 2.63. The van der Waals surface area contributed by atoms with Gasteiger partial charge in [-0.1, -0.05) is 39.8 Å². The van der Waals surface area contributed by atoms with E-state index >= 15 is 0 Å². The minimum atomic E-state index is 0.297. The SMILES string of the molecule is CCC(CC(N)=NO)NC1CC(C)(C)CC(C)(C)C1. The minimum absolute atomic E-state index is 0.297. The molecule has 1 atom stereocenters. The molecule has 0 bridgehead atoms. The second-order valence-corrected chi connectivity index (χ2v) is 7.68. The normalized spacial score (nSPS) is 25.2. The smallest absolute Gasteiger partial charge is 0.140 e. The third kappa shape index (κ3) is 5.39. The van der Waals surface area contributed by atoms with Crippen LogP contribution in [0.15, 0.2) is 5.16 Å². The maximum atomic E-state index is 8.69. The third-order valence-electron chi connectivity index (χ3n) is 4.10. The van der Waals surface area contributed by atoms with Crippen molar-refractivity contribution in [3.63, 3.8) is 0 Å². The molecule has 0 radical (unpaired) electrons. The van der Waals surface area contributed by atoms with E-state index < -0.39 is 0 Å². The monoisotopic (exact) mass is 269 g/mol. The molecule has 0 aromatic carbocycles. The topological polar surface area (TPSA) is 70.6 Å². The average Bonchev–Trinajstić information content (AvgIpc) is 2.23. The van der Waals surface area contributed by atoms with Gasteiger partial charge in [0, 0.05) is 18.5 Å². The van der Waals surface area contributed by atoms with Crippen LogP contribution < -0.4 is 11.1 Å². The van der Waals surface area contributed by atoms with Gasteiger partial charge < -0.3 is 16.3 Å². The van der Waals surface area contributed by atoms with Crippen molar-refractivity contribution in [3.05, 3.63) is 0 Å². The first-order valence-corrected chi connectivity index (χ1v) is 7.40. The first-order chi connectivity index (χ1) is 8.67. The molecule has 1 aliphatic rings. The predicted octanol–water partition coefficient (Wildman–Crippen LogP) is 3.10. The van der Waals surface area contributed by atoms with Gasteiger partial charge in [-0.05, 0) is 36.5 Å². The standard InChI is InChI=1S/C15H31N3O/c1-6-11(7-13(16)18-19)17-12-8-14(2,3)10-15(4,5)9-12/h11-12,17,19H,6-10H2,1-5H3,(H2,16,18). The number of hydrogen-bond donors (Lipinski definition) is 3. The van der Waals surface area contributed by atoms with Crippen LogP contribution in [0, 0.1) is 10.8 Å². The molecule has 0 aromatic heterocycles. The molecular weight excluding hydrogens is 238 g/mol. The van der Waals surface area contributed by atoms with Crippen molar-refractivity contribution in [2.75, 3.05) is 0 Å². The van der Waals surface area contributed by atoms with Crippen LogP contribution in [0.3, 0.4) is 0 Å². The van der Waals surface area contributed by atoms with Crippen LogP contribution in [0.4, 0.5) is 0 Å². The van der Waals surface area contributed by atoms with Crippen molar-refractivity contribution >= 4 is 5.84 Å². The van der Waals surface area contributed by atoms with Crippen LogP contribution in [-0.2, 0) is 0 Å². The van der Waals surface area contributed by atoms with E-state index in [9.17, 15) is 0 Å². The lowest BCUT2D eigenvalue weighted by molar-refractivity contribution is 0.0802. The highest BCUT2D eigenvalue weighted by Gasteiger charge is 2.38. The molecular formula is C15H31N3O. The van der Waals surface area contributed by atoms with Gasteiger partial charge in [0.1, 0.15) is 5.84 Å². The highest BCUT2D eigenvalue weighted by molar-refractivity contribution is 5.80. The summed E-state index contributed by atoms with van der Waals surface area (Å²) in [7, 11) is 0. The first-order valence-electron chi connectivity index (χ1n) is 7.40. The maximum absolute atomic E-state index is 8.69. The number of amidine groups is 1. The molecule has 1 unspecified atom stereocenters. The molecule has 19 heavy (non-hydrogen) atoms. The predicted molar refractivity (Wildman–Crippen MR) is 80.4 cm³/mol. The molecule has 4 N–H and O–H groups in total. The van der Waals surface area contributed by atoms with Gasteiger partial charge in [-0.15, -0.1) is 0 Å². The molecule has 0 aliphatic heterocycles. The molecule has 1 rings (SSSR count). The lowest BCUT2D eigenvalue weighted by atomic mass is 9.63. The fourth-order valence-electron chi connectivity index (χ4n) is 3.91. The quantitative estimate of drug-likeness (QED) is 0.311. The Labute approximate surface area is 117 Å². The lowest BCUT2D eigenvalue weighted by Gasteiger charge is -2.46. The molecule has 112 valence electrons. The van der Waals surface area contributed by atoms with Crippen LogP contribution in [-0.4, -0.2) is 23.1 Å². The van der Waals surface area contributed by atoms with Crippen LogP contribution in [0.2, 0.25) is 0 Å². The Morgan fingerprint density at radius 1 is 1.32 bits per heavy atom. The molecule has 1 saturated carbocycles. The number of nitrogens with one attached hydrogen (secondary N) is 1. The molecule has 0 heterocycles. The number of hydrogen-bond acceptors (Lipinski definition) is 3. The summed E-state index contributed by atoms with van der Waals surface area (Å²) < 4.78 is 0. The van der Waals surface area contributed by atoms with E-state index in [1.165, 1.54) is 19.3 Å². The van der Waals surface area contributed by atoms with Crippen molar-refractivity contribution in [2.45, 2.75) is 78.8 Å². The molecule has 0 spiro atoms. The average molecular weight is 269 g/mol. The number of oxime groups is 1. The van der Waals surface area contributed by atoms with Crippen LogP contribution >= 0.6 is 0 Å². The molecule has 0 saturated heterocycles. The van der Waals surface area contributed by atoms with Crippen LogP contribution in [0.1, 0.15) is 66.7 Å². The number of rotatable bonds is 5. The molecule has 4 heteroatoms. The Hall–Kier alpha value is -0.770. The van der Waals surface area contributed by atoms with E-state index in [4.69, 9.17) is 10.9 Å². The zero-order valence-electron chi connectivity index (χ0n) is 13.2. The van der Waals surface area contributed by atoms with Crippen molar-refractivity contribution in [1.29, 1.82) is 0 Å². The summed E-state index contributed by atoms with van der Waals surface area (Å²) in [6, 6.07) is 0.820. The maximum Gasteiger partial charge on any atom is 0.140 e. The van der Waals surface area contributed by atoms with Gasteiger partial charge in [0.15, 0.2) is 0 Å². The summed E-state index contributed by atoms with van der Waals surface area (Å²) in [4.78, 5) is 0. The zero-order chi connectivity index (χ0) is 14.7. The second kappa shape index (κ2) is 6.12. The highest BCUT2D eigenvalue weighted by Crippen LogP contribution is 2.45. The van der Waals surface area contributed by atoms with E-state index in [-0.39, 0.29) is 0 Å². The summed E-state index contributed by atoms with van der Waals surface area (Å²) in [5, 5.41) is 15.5. The molecule has 1 aliphatic carbocycles. The Kier molecular flexibility index (Phi) is 5.25. The number of nitrogens with two attached hydrogens (primary N) is 1. The second-order valence-electron chi connectivity index (χ2n) is 7.68. The Bertz CT molecular complexity index is 307. The van der Waals surface area contributed by atoms with Crippen molar-refractivity contribution in [1.82, 2.24) is 5.32 Å². The number of nitrogens with zero attached hydrogens (tertiary/aromatic N) is 1. The van der Waals surface area contributed by atoms with Gasteiger partial charge in [0.25, 0.3) is 0 Å². The highest BCUT2D eigenvalue weighted by atomic mass is 16.4. The van der Waals surface area contributed by atoms with Crippen molar-refractivity contribution in [2.24, 2.45) is 21.7 Å². The fourth-order valence-corrected chi connectivity index (χ4v) is 3.91. The van der Waals surface area contributed by atoms with Gasteiger partial charge in [-0.25, -0.2) is 0 Å². The summed E-state index contributed by atoms with van der Waals surface area (Å²) >= 11 is 0. The van der Waals surface area contributed by atoms with Gasteiger partial charge in [0.2, 0.25) is 0 Å². The van der Waals surface area contributed by atoms with E-state index in [2.05, 4.69) is 45.1 Å². The lowest BCUT2D eigenvalue weighted by Crippen LogP contribution is -2.48. The molecule has 0 aromatic rings. The van der Waals surface area contributed by atoms with Gasteiger partial charge in [-0.2, -0.15) is 0 Å². The summed E-state index contributed by atoms with van der Waals surface area (Å²) in [6.07, 6.45) is 5.28. The molecule has 1 fully saturated rings. The Morgan fingerprint density at radius 2 is 1.84 bits per heavy atom. The van der Waals surface area contributed by atoms with E-state index in [0.717, 1.165) is 6.42 Å². The summed E-state index contributed by atoms with van der Waals surface area (Å²) in [6.45, 7) is 11.6. The van der Waals surface area contributed by atoms with E-state index in [0.29, 0.717) is 35.2 Å². The molecule has 0 amide bonds. The van der Waals surface area contributed by atoms with Crippen LogP contribution in [0.25, 0.3) is 0 Å². The molecule has 4 nitrogen and oxygen atoms in total. The first kappa shape index (κ1) is 16.3.